The van der Waals surface area contributed by atoms with Gasteiger partial charge in [0.25, 0.3) is 5.91 Å². The van der Waals surface area contributed by atoms with Crippen LogP contribution in [0.1, 0.15) is 33.5 Å². The molecular weight excluding hydrogens is 366 g/mol. The van der Waals surface area contributed by atoms with Gasteiger partial charge in [-0.25, -0.2) is 9.97 Å². The van der Waals surface area contributed by atoms with Crippen LogP contribution in [-0.2, 0) is 0 Å². The van der Waals surface area contributed by atoms with Crippen molar-refractivity contribution in [1.82, 2.24) is 9.97 Å². The molecule has 2 N–H and O–H groups in total. The summed E-state index contributed by atoms with van der Waals surface area (Å²) in [5, 5.41) is 5.91. The van der Waals surface area contributed by atoms with Crippen LogP contribution >= 0.6 is 0 Å². The number of anilines is 4. The number of nitrogens with zero attached hydrogens (tertiary/aromatic N) is 3. The number of Topliss-reactive ketones (excluding diaryl/α,β-unsaturated/α-hetero) is 1. The highest BCUT2D eigenvalue weighted by Gasteiger charge is 2.12. The topological polar surface area (TPSA) is 87.2 Å². The lowest BCUT2D eigenvalue weighted by Crippen LogP contribution is -2.16. The van der Waals surface area contributed by atoms with Crippen LogP contribution in [0, 0.1) is 6.92 Å². The molecule has 0 radical (unpaired) electrons. The fourth-order valence-corrected chi connectivity index (χ4v) is 2.72. The van der Waals surface area contributed by atoms with Crippen LogP contribution < -0.4 is 15.5 Å². The molecule has 0 fully saturated rings. The highest BCUT2D eigenvalue weighted by molar-refractivity contribution is 6.03. The molecule has 3 aromatic rings. The molecule has 0 saturated heterocycles. The zero-order valence-electron chi connectivity index (χ0n) is 16.9. The fraction of sp³-hybridized carbons (Fsp3) is 0.182. The maximum atomic E-state index is 12.6. The second-order valence-electron chi connectivity index (χ2n) is 6.88. The van der Waals surface area contributed by atoms with Gasteiger partial charge in [-0.3, -0.25) is 9.59 Å². The predicted octanol–water partition coefficient (Wildman–Crippen LogP) is 4.05. The van der Waals surface area contributed by atoms with E-state index in [0.717, 1.165) is 5.69 Å². The van der Waals surface area contributed by atoms with E-state index in [2.05, 4.69) is 20.6 Å². The number of hydrogen-bond donors (Lipinski definition) is 2. The second kappa shape index (κ2) is 8.52. The first-order valence-corrected chi connectivity index (χ1v) is 9.14. The smallest absolute Gasteiger partial charge is 0.274 e. The number of hydrogen-bond acceptors (Lipinski definition) is 6. The standard InChI is InChI=1S/C22H23N5O2/c1-14-12-20(21(29)24-17-8-10-19(11-9-17)27(3)4)26-22(23-14)25-18-7-5-6-16(13-18)15(2)28/h5-13H,1-4H3,(H,24,29)(H,23,25,26). The van der Waals surface area contributed by atoms with Crippen molar-refractivity contribution < 1.29 is 9.59 Å². The molecule has 7 heteroatoms. The minimum Gasteiger partial charge on any atom is -0.378 e. The zero-order valence-corrected chi connectivity index (χ0v) is 16.9. The number of aromatic nitrogens is 2. The lowest BCUT2D eigenvalue weighted by molar-refractivity contribution is 0.101. The molecular formula is C22H23N5O2. The molecule has 0 saturated carbocycles. The molecule has 3 rings (SSSR count). The molecule has 0 bridgehead atoms. The summed E-state index contributed by atoms with van der Waals surface area (Å²) in [6.07, 6.45) is 0. The van der Waals surface area contributed by atoms with E-state index in [9.17, 15) is 9.59 Å². The first kappa shape index (κ1) is 20.0. The molecule has 0 aliphatic rings. The van der Waals surface area contributed by atoms with Gasteiger partial charge in [0.1, 0.15) is 5.69 Å². The Hall–Kier alpha value is -3.74. The lowest BCUT2D eigenvalue weighted by Gasteiger charge is -2.13. The normalized spacial score (nSPS) is 10.3. The average molecular weight is 389 g/mol. The van der Waals surface area contributed by atoms with Crippen LogP contribution in [0.25, 0.3) is 0 Å². The van der Waals surface area contributed by atoms with Crippen molar-refractivity contribution in [2.75, 3.05) is 29.6 Å². The van der Waals surface area contributed by atoms with Crippen LogP contribution in [-0.4, -0.2) is 35.8 Å². The van der Waals surface area contributed by atoms with E-state index in [1.165, 1.54) is 6.92 Å². The third-order valence-corrected chi connectivity index (χ3v) is 4.25. The molecule has 1 amide bonds. The van der Waals surface area contributed by atoms with Crippen molar-refractivity contribution >= 4 is 34.7 Å². The van der Waals surface area contributed by atoms with Gasteiger partial charge in [-0.2, -0.15) is 0 Å². The monoisotopic (exact) mass is 389 g/mol. The van der Waals surface area contributed by atoms with E-state index >= 15 is 0 Å². The largest absolute Gasteiger partial charge is 0.378 e. The highest BCUT2D eigenvalue weighted by atomic mass is 16.2. The summed E-state index contributed by atoms with van der Waals surface area (Å²) in [6.45, 7) is 3.30. The minimum absolute atomic E-state index is 0.0286. The van der Waals surface area contributed by atoms with Gasteiger partial charge in [0.2, 0.25) is 5.95 Å². The molecule has 0 spiro atoms. The van der Waals surface area contributed by atoms with Crippen LogP contribution in [0.15, 0.2) is 54.6 Å². The van der Waals surface area contributed by atoms with E-state index in [4.69, 9.17) is 0 Å². The van der Waals surface area contributed by atoms with Crippen molar-refractivity contribution in [1.29, 1.82) is 0 Å². The van der Waals surface area contributed by atoms with Crippen LogP contribution in [0.4, 0.5) is 23.0 Å². The number of nitrogens with one attached hydrogen (secondary N) is 2. The summed E-state index contributed by atoms with van der Waals surface area (Å²) in [7, 11) is 3.91. The highest BCUT2D eigenvalue weighted by Crippen LogP contribution is 2.18. The number of aryl methyl sites for hydroxylation is 1. The summed E-state index contributed by atoms with van der Waals surface area (Å²) in [4.78, 5) is 34.8. The van der Waals surface area contributed by atoms with Crippen molar-refractivity contribution in [2.24, 2.45) is 0 Å². The van der Waals surface area contributed by atoms with Gasteiger partial charge in [0.05, 0.1) is 0 Å². The van der Waals surface area contributed by atoms with E-state index in [0.29, 0.717) is 28.6 Å². The number of benzene rings is 2. The number of ketones is 1. The molecule has 0 aliphatic heterocycles. The van der Waals surface area contributed by atoms with Crippen molar-refractivity contribution in [3.05, 3.63) is 71.5 Å². The Labute approximate surface area is 169 Å². The number of carbonyl (C=O) groups excluding carboxylic acids is 2. The summed E-state index contributed by atoms with van der Waals surface area (Å²) < 4.78 is 0. The molecule has 1 aromatic heterocycles. The maximum absolute atomic E-state index is 12.6. The number of rotatable bonds is 6. The van der Waals surface area contributed by atoms with Gasteiger partial charge in [0, 0.05) is 42.4 Å². The molecule has 29 heavy (non-hydrogen) atoms. The number of amides is 1. The Morgan fingerprint density at radius 1 is 0.931 bits per heavy atom. The minimum atomic E-state index is -0.325. The third kappa shape index (κ3) is 5.16. The van der Waals surface area contributed by atoms with E-state index in [1.807, 2.05) is 49.3 Å². The molecule has 1 heterocycles. The Balaban J connectivity index is 1.78. The maximum Gasteiger partial charge on any atom is 0.274 e. The Bertz CT molecular complexity index is 1050. The van der Waals surface area contributed by atoms with Crippen LogP contribution in [0.5, 0.6) is 0 Å². The average Bonchev–Trinajstić information content (AvgIpc) is 2.68. The Morgan fingerprint density at radius 2 is 1.66 bits per heavy atom. The summed E-state index contributed by atoms with van der Waals surface area (Å²) in [5.41, 5.74) is 3.88. The zero-order chi connectivity index (χ0) is 21.0. The molecule has 148 valence electrons. The van der Waals surface area contributed by atoms with Crippen molar-refractivity contribution in [3.8, 4) is 0 Å². The molecule has 7 nitrogen and oxygen atoms in total. The first-order chi connectivity index (χ1) is 13.8. The van der Waals surface area contributed by atoms with E-state index in [-0.39, 0.29) is 17.4 Å². The van der Waals surface area contributed by atoms with Crippen molar-refractivity contribution in [3.63, 3.8) is 0 Å². The van der Waals surface area contributed by atoms with E-state index in [1.54, 1.807) is 31.2 Å². The van der Waals surface area contributed by atoms with Gasteiger partial charge >= 0.3 is 0 Å². The van der Waals surface area contributed by atoms with Crippen molar-refractivity contribution in [2.45, 2.75) is 13.8 Å². The first-order valence-electron chi connectivity index (χ1n) is 9.14. The summed E-state index contributed by atoms with van der Waals surface area (Å²) in [5.74, 6) is -0.0633. The summed E-state index contributed by atoms with van der Waals surface area (Å²) in [6, 6.07) is 16.2. The summed E-state index contributed by atoms with van der Waals surface area (Å²) >= 11 is 0. The SMILES string of the molecule is CC(=O)c1cccc(Nc2nc(C)cc(C(=O)Nc3ccc(N(C)C)cc3)n2)c1. The Morgan fingerprint density at radius 3 is 2.31 bits per heavy atom. The second-order valence-corrected chi connectivity index (χ2v) is 6.88. The van der Waals surface area contributed by atoms with E-state index < -0.39 is 0 Å². The quantitative estimate of drug-likeness (QED) is 0.619. The van der Waals surface area contributed by atoms with Gasteiger partial charge < -0.3 is 15.5 Å². The molecule has 2 aromatic carbocycles. The predicted molar refractivity (Wildman–Crippen MR) is 115 cm³/mol. The molecule has 0 aliphatic carbocycles. The van der Waals surface area contributed by atoms with Crippen LogP contribution in [0.2, 0.25) is 0 Å². The van der Waals surface area contributed by atoms with Gasteiger partial charge in [0.15, 0.2) is 5.78 Å². The van der Waals surface area contributed by atoms with Gasteiger partial charge in [-0.05, 0) is 56.3 Å². The van der Waals surface area contributed by atoms with Gasteiger partial charge in [-0.1, -0.05) is 12.1 Å². The van der Waals surface area contributed by atoms with Gasteiger partial charge in [-0.15, -0.1) is 0 Å². The molecule has 0 atom stereocenters. The third-order valence-electron chi connectivity index (χ3n) is 4.25. The number of carbonyl (C=O) groups is 2. The Kier molecular flexibility index (Phi) is 5.87. The molecule has 0 unspecified atom stereocenters. The fourth-order valence-electron chi connectivity index (χ4n) is 2.72. The lowest BCUT2D eigenvalue weighted by atomic mass is 10.1. The van der Waals surface area contributed by atoms with Crippen LogP contribution in [0.3, 0.4) is 0 Å².